The predicted molar refractivity (Wildman–Crippen MR) is 99.6 cm³/mol. The van der Waals surface area contributed by atoms with Gasteiger partial charge in [-0.2, -0.15) is 5.10 Å². The number of aromatic amines is 1. The quantitative estimate of drug-likeness (QED) is 0.797. The number of hydrogen-bond acceptors (Lipinski definition) is 3. The van der Waals surface area contributed by atoms with Gasteiger partial charge in [-0.1, -0.05) is 19.3 Å². The van der Waals surface area contributed by atoms with Gasteiger partial charge in [-0.25, -0.2) is 0 Å². The van der Waals surface area contributed by atoms with E-state index in [0.29, 0.717) is 12.1 Å². The molecule has 3 N–H and O–H groups in total. The highest BCUT2D eigenvalue weighted by atomic mass is 16.1. The highest BCUT2D eigenvalue weighted by Crippen LogP contribution is 2.23. The average molecular weight is 340 g/mol. The van der Waals surface area contributed by atoms with Gasteiger partial charge in [0.25, 0.3) is 5.91 Å². The fourth-order valence-electron chi connectivity index (χ4n) is 4.36. The highest BCUT2D eigenvalue weighted by Gasteiger charge is 2.25. The number of fused-ring (bicyclic) bond motifs is 1. The molecule has 0 unspecified atom stereocenters. The maximum Gasteiger partial charge on any atom is 0.251 e. The van der Waals surface area contributed by atoms with Crippen LogP contribution in [0.15, 0.2) is 24.4 Å². The van der Waals surface area contributed by atoms with E-state index in [4.69, 9.17) is 0 Å². The Morgan fingerprint density at radius 2 is 1.68 bits per heavy atom. The zero-order valence-electron chi connectivity index (χ0n) is 14.8. The van der Waals surface area contributed by atoms with E-state index in [9.17, 15) is 4.79 Å². The molecule has 5 heteroatoms. The van der Waals surface area contributed by atoms with E-state index < -0.39 is 0 Å². The van der Waals surface area contributed by atoms with Crippen molar-refractivity contribution in [2.45, 2.75) is 75.9 Å². The SMILES string of the molecule is O=C(NC1CCC(NC2CCCCC2)CC1)c1ccc2[nH]ncc2c1. The van der Waals surface area contributed by atoms with Gasteiger partial charge < -0.3 is 10.6 Å². The molecule has 2 aromatic rings. The lowest BCUT2D eigenvalue weighted by Crippen LogP contribution is -2.45. The number of hydrogen-bond donors (Lipinski definition) is 3. The van der Waals surface area contributed by atoms with Gasteiger partial charge in [-0.3, -0.25) is 9.89 Å². The number of aromatic nitrogens is 2. The molecule has 25 heavy (non-hydrogen) atoms. The average Bonchev–Trinajstić information content (AvgIpc) is 3.12. The number of nitrogens with one attached hydrogen (secondary N) is 3. The van der Waals surface area contributed by atoms with Gasteiger partial charge in [-0.15, -0.1) is 0 Å². The fourth-order valence-corrected chi connectivity index (χ4v) is 4.36. The molecule has 0 spiro atoms. The summed E-state index contributed by atoms with van der Waals surface area (Å²) in [5.41, 5.74) is 1.68. The summed E-state index contributed by atoms with van der Waals surface area (Å²) in [6.07, 6.45) is 13.1. The summed E-state index contributed by atoms with van der Waals surface area (Å²) in [6, 6.07) is 7.36. The van der Waals surface area contributed by atoms with Crippen molar-refractivity contribution in [1.82, 2.24) is 20.8 Å². The molecule has 2 fully saturated rings. The molecule has 1 aromatic heterocycles. The Balaban J connectivity index is 1.27. The van der Waals surface area contributed by atoms with E-state index in [1.165, 1.54) is 44.9 Å². The number of benzene rings is 1. The van der Waals surface area contributed by atoms with Crippen molar-refractivity contribution in [3.63, 3.8) is 0 Å². The highest BCUT2D eigenvalue weighted by molar-refractivity contribution is 5.98. The summed E-state index contributed by atoms with van der Waals surface area (Å²) < 4.78 is 0. The van der Waals surface area contributed by atoms with Crippen molar-refractivity contribution in [3.8, 4) is 0 Å². The van der Waals surface area contributed by atoms with Gasteiger partial charge in [0, 0.05) is 29.1 Å². The second-order valence-electron chi connectivity index (χ2n) is 7.70. The summed E-state index contributed by atoms with van der Waals surface area (Å²) >= 11 is 0. The molecule has 0 radical (unpaired) electrons. The van der Waals surface area contributed by atoms with Crippen LogP contribution in [0.3, 0.4) is 0 Å². The minimum absolute atomic E-state index is 0.0341. The molecule has 2 aliphatic carbocycles. The van der Waals surface area contributed by atoms with Gasteiger partial charge >= 0.3 is 0 Å². The molecule has 2 aliphatic rings. The first kappa shape index (κ1) is 16.6. The lowest BCUT2D eigenvalue weighted by Gasteiger charge is -2.34. The maximum atomic E-state index is 12.5. The van der Waals surface area contributed by atoms with Crippen molar-refractivity contribution in [3.05, 3.63) is 30.0 Å². The third-order valence-corrected chi connectivity index (χ3v) is 5.84. The first-order chi connectivity index (χ1) is 12.3. The van der Waals surface area contributed by atoms with E-state index in [1.807, 2.05) is 18.2 Å². The molecule has 0 bridgehead atoms. The zero-order chi connectivity index (χ0) is 17.1. The third kappa shape index (κ3) is 4.03. The smallest absolute Gasteiger partial charge is 0.251 e. The van der Waals surface area contributed by atoms with E-state index in [0.717, 1.165) is 35.3 Å². The molecule has 1 heterocycles. The Kier molecular flexibility index (Phi) is 5.02. The normalized spacial score (nSPS) is 25.1. The Labute approximate surface area is 149 Å². The summed E-state index contributed by atoms with van der Waals surface area (Å²) in [6.45, 7) is 0. The van der Waals surface area contributed by atoms with Crippen molar-refractivity contribution in [2.75, 3.05) is 0 Å². The second kappa shape index (κ2) is 7.56. The molecule has 4 rings (SSSR count). The van der Waals surface area contributed by atoms with Gasteiger partial charge in [0.15, 0.2) is 0 Å². The first-order valence-electron chi connectivity index (χ1n) is 9.78. The molecular formula is C20H28N4O. The molecule has 5 nitrogen and oxygen atoms in total. The number of amides is 1. The van der Waals surface area contributed by atoms with Crippen molar-refractivity contribution in [2.24, 2.45) is 0 Å². The van der Waals surface area contributed by atoms with Gasteiger partial charge in [-0.05, 0) is 56.7 Å². The summed E-state index contributed by atoms with van der Waals surface area (Å²) in [7, 11) is 0. The minimum Gasteiger partial charge on any atom is -0.349 e. The monoisotopic (exact) mass is 340 g/mol. The van der Waals surface area contributed by atoms with Crippen LogP contribution < -0.4 is 10.6 Å². The van der Waals surface area contributed by atoms with Crippen molar-refractivity contribution < 1.29 is 4.79 Å². The second-order valence-corrected chi connectivity index (χ2v) is 7.70. The fraction of sp³-hybridized carbons (Fsp3) is 0.600. The summed E-state index contributed by atoms with van der Waals surface area (Å²) in [4.78, 5) is 12.5. The standard InChI is InChI=1S/C20H28N4O/c25-20(14-6-11-19-15(12-14)13-21-24-19)23-18-9-7-17(8-10-18)22-16-4-2-1-3-5-16/h6,11-13,16-18,22H,1-5,7-10H2,(H,21,24)(H,23,25). The lowest BCUT2D eigenvalue weighted by molar-refractivity contribution is 0.0923. The van der Waals surface area contributed by atoms with Crippen LogP contribution in [0.4, 0.5) is 0 Å². The molecule has 0 saturated heterocycles. The summed E-state index contributed by atoms with van der Waals surface area (Å²) in [5.74, 6) is 0.0341. The number of H-pyrrole nitrogens is 1. The summed E-state index contributed by atoms with van der Waals surface area (Å²) in [5, 5.41) is 15.0. The third-order valence-electron chi connectivity index (χ3n) is 5.84. The molecular weight excluding hydrogens is 312 g/mol. The topological polar surface area (TPSA) is 69.8 Å². The van der Waals surface area contributed by atoms with E-state index in [-0.39, 0.29) is 5.91 Å². The predicted octanol–water partition coefficient (Wildman–Crippen LogP) is 3.53. The van der Waals surface area contributed by atoms with Crippen LogP contribution in [0, 0.1) is 0 Å². The molecule has 134 valence electrons. The number of carbonyl (C=O) groups excluding carboxylic acids is 1. The Hall–Kier alpha value is -1.88. The van der Waals surface area contributed by atoms with Crippen LogP contribution in [0.5, 0.6) is 0 Å². The Morgan fingerprint density at radius 1 is 0.960 bits per heavy atom. The van der Waals surface area contributed by atoms with Crippen molar-refractivity contribution >= 4 is 16.8 Å². The number of carbonyl (C=O) groups is 1. The largest absolute Gasteiger partial charge is 0.349 e. The van der Waals surface area contributed by atoms with Gasteiger partial charge in [0.05, 0.1) is 11.7 Å². The molecule has 0 atom stereocenters. The van der Waals surface area contributed by atoms with E-state index in [1.54, 1.807) is 6.20 Å². The van der Waals surface area contributed by atoms with Crippen LogP contribution in [0.25, 0.3) is 10.9 Å². The number of nitrogens with zero attached hydrogens (tertiary/aromatic N) is 1. The molecule has 1 amide bonds. The maximum absolute atomic E-state index is 12.5. The van der Waals surface area contributed by atoms with Crippen LogP contribution in [-0.4, -0.2) is 34.2 Å². The van der Waals surface area contributed by atoms with Crippen molar-refractivity contribution in [1.29, 1.82) is 0 Å². The minimum atomic E-state index is 0.0341. The van der Waals surface area contributed by atoms with E-state index in [2.05, 4.69) is 20.8 Å². The molecule has 2 saturated carbocycles. The lowest BCUT2D eigenvalue weighted by atomic mass is 9.88. The van der Waals surface area contributed by atoms with Crippen LogP contribution in [0.1, 0.15) is 68.1 Å². The van der Waals surface area contributed by atoms with Crippen LogP contribution in [0.2, 0.25) is 0 Å². The Morgan fingerprint density at radius 3 is 2.48 bits per heavy atom. The number of rotatable bonds is 4. The van der Waals surface area contributed by atoms with Crippen LogP contribution in [-0.2, 0) is 0 Å². The van der Waals surface area contributed by atoms with Gasteiger partial charge in [0.1, 0.15) is 0 Å². The van der Waals surface area contributed by atoms with E-state index >= 15 is 0 Å². The first-order valence-corrected chi connectivity index (χ1v) is 9.78. The Bertz CT molecular complexity index is 711. The van der Waals surface area contributed by atoms with Crippen LogP contribution >= 0.6 is 0 Å². The van der Waals surface area contributed by atoms with Gasteiger partial charge in [0.2, 0.25) is 0 Å². The molecule has 1 aromatic carbocycles. The zero-order valence-corrected chi connectivity index (χ0v) is 14.8. The molecule has 0 aliphatic heterocycles.